The van der Waals surface area contributed by atoms with Crippen molar-refractivity contribution in [3.8, 4) is 11.6 Å². The zero-order chi connectivity index (χ0) is 13.9. The second kappa shape index (κ2) is 5.26. The molecule has 0 spiro atoms. The second-order valence-electron chi connectivity index (χ2n) is 4.52. The number of amides is 1. The Morgan fingerprint density at radius 3 is 2.80 bits per heavy atom. The molecule has 1 aromatic heterocycles. The minimum absolute atomic E-state index is 0.448. The first-order valence-electron chi connectivity index (χ1n) is 6.35. The average molecular weight is 270 g/mol. The SMILES string of the molecule is NC(=O)c1ccc(Oc2ncnc3c2CNCC3)cc1. The van der Waals surface area contributed by atoms with E-state index in [-0.39, 0.29) is 0 Å². The molecule has 0 unspecified atom stereocenters. The fourth-order valence-electron chi connectivity index (χ4n) is 2.13. The van der Waals surface area contributed by atoms with Crippen molar-refractivity contribution in [2.75, 3.05) is 6.54 Å². The summed E-state index contributed by atoms with van der Waals surface area (Å²) < 4.78 is 5.77. The molecule has 6 nitrogen and oxygen atoms in total. The lowest BCUT2D eigenvalue weighted by molar-refractivity contribution is 0.100. The van der Waals surface area contributed by atoms with E-state index in [0.29, 0.717) is 23.7 Å². The van der Waals surface area contributed by atoms with Gasteiger partial charge in [-0.25, -0.2) is 9.97 Å². The van der Waals surface area contributed by atoms with Gasteiger partial charge in [-0.15, -0.1) is 0 Å². The van der Waals surface area contributed by atoms with Crippen LogP contribution in [0, 0.1) is 0 Å². The van der Waals surface area contributed by atoms with Gasteiger partial charge in [0.05, 0.1) is 11.3 Å². The molecule has 1 aromatic carbocycles. The van der Waals surface area contributed by atoms with E-state index in [9.17, 15) is 4.79 Å². The molecule has 2 heterocycles. The molecule has 0 radical (unpaired) electrons. The lowest BCUT2D eigenvalue weighted by Crippen LogP contribution is -2.25. The van der Waals surface area contributed by atoms with E-state index in [1.54, 1.807) is 24.3 Å². The van der Waals surface area contributed by atoms with Crippen LogP contribution in [0.25, 0.3) is 0 Å². The topological polar surface area (TPSA) is 90.1 Å². The van der Waals surface area contributed by atoms with Crippen LogP contribution in [0.3, 0.4) is 0 Å². The van der Waals surface area contributed by atoms with Crippen LogP contribution in [0.2, 0.25) is 0 Å². The van der Waals surface area contributed by atoms with E-state index in [4.69, 9.17) is 10.5 Å². The third kappa shape index (κ3) is 2.46. The Kier molecular flexibility index (Phi) is 3.30. The van der Waals surface area contributed by atoms with E-state index in [0.717, 1.165) is 24.2 Å². The maximum Gasteiger partial charge on any atom is 0.248 e. The van der Waals surface area contributed by atoms with Gasteiger partial charge in [0.25, 0.3) is 0 Å². The van der Waals surface area contributed by atoms with Crippen molar-refractivity contribution in [2.24, 2.45) is 5.73 Å². The molecule has 1 amide bonds. The van der Waals surface area contributed by atoms with Gasteiger partial charge in [-0.05, 0) is 24.3 Å². The highest BCUT2D eigenvalue weighted by molar-refractivity contribution is 5.92. The summed E-state index contributed by atoms with van der Waals surface area (Å²) in [6, 6.07) is 6.66. The molecular formula is C14H14N4O2. The van der Waals surface area contributed by atoms with Gasteiger partial charge < -0.3 is 15.8 Å². The van der Waals surface area contributed by atoms with E-state index in [1.807, 2.05) is 0 Å². The van der Waals surface area contributed by atoms with Crippen LogP contribution in [0.1, 0.15) is 21.6 Å². The molecule has 0 aliphatic carbocycles. The van der Waals surface area contributed by atoms with Crippen LogP contribution in [-0.2, 0) is 13.0 Å². The fourth-order valence-corrected chi connectivity index (χ4v) is 2.13. The summed E-state index contributed by atoms with van der Waals surface area (Å²) in [5.74, 6) is 0.704. The standard InChI is InChI=1S/C14H14N4O2/c15-13(19)9-1-3-10(4-2-9)20-14-11-7-16-6-5-12(11)17-8-18-14/h1-4,8,16H,5-7H2,(H2,15,19). The molecule has 3 N–H and O–H groups in total. The summed E-state index contributed by atoms with van der Waals surface area (Å²) in [4.78, 5) is 19.5. The predicted molar refractivity (Wildman–Crippen MR) is 72.5 cm³/mol. The van der Waals surface area contributed by atoms with Gasteiger partial charge in [0, 0.05) is 25.1 Å². The smallest absolute Gasteiger partial charge is 0.248 e. The lowest BCUT2D eigenvalue weighted by Gasteiger charge is -2.18. The third-order valence-corrected chi connectivity index (χ3v) is 3.19. The number of hydrogen-bond acceptors (Lipinski definition) is 5. The first kappa shape index (κ1) is 12.6. The maximum absolute atomic E-state index is 11.0. The number of nitrogens with one attached hydrogen (secondary N) is 1. The Morgan fingerprint density at radius 2 is 2.05 bits per heavy atom. The molecule has 1 aliphatic rings. The number of hydrogen-bond donors (Lipinski definition) is 2. The van der Waals surface area contributed by atoms with Crippen LogP contribution >= 0.6 is 0 Å². The van der Waals surface area contributed by atoms with Gasteiger partial charge in [-0.3, -0.25) is 4.79 Å². The van der Waals surface area contributed by atoms with Gasteiger partial charge in [0.2, 0.25) is 11.8 Å². The number of carbonyl (C=O) groups is 1. The molecule has 0 fully saturated rings. The van der Waals surface area contributed by atoms with Gasteiger partial charge in [0.1, 0.15) is 12.1 Å². The summed E-state index contributed by atoms with van der Waals surface area (Å²) in [5.41, 5.74) is 7.65. The highest BCUT2D eigenvalue weighted by Gasteiger charge is 2.16. The lowest BCUT2D eigenvalue weighted by atomic mass is 10.1. The largest absolute Gasteiger partial charge is 0.439 e. The van der Waals surface area contributed by atoms with Crippen molar-refractivity contribution < 1.29 is 9.53 Å². The zero-order valence-electron chi connectivity index (χ0n) is 10.8. The summed E-state index contributed by atoms with van der Waals surface area (Å²) >= 11 is 0. The molecule has 0 atom stereocenters. The number of nitrogens with zero attached hydrogens (tertiary/aromatic N) is 2. The molecule has 0 saturated carbocycles. The summed E-state index contributed by atoms with van der Waals surface area (Å²) in [5, 5.41) is 3.27. The first-order valence-corrected chi connectivity index (χ1v) is 6.35. The Bertz CT molecular complexity index is 640. The van der Waals surface area contributed by atoms with Gasteiger partial charge in [0.15, 0.2) is 0 Å². The molecule has 1 aliphatic heterocycles. The Morgan fingerprint density at radius 1 is 1.25 bits per heavy atom. The Balaban J connectivity index is 1.86. The zero-order valence-corrected chi connectivity index (χ0v) is 10.8. The average Bonchev–Trinajstić information content (AvgIpc) is 2.48. The van der Waals surface area contributed by atoms with Crippen molar-refractivity contribution >= 4 is 5.91 Å². The van der Waals surface area contributed by atoms with Crippen molar-refractivity contribution in [1.82, 2.24) is 15.3 Å². The summed E-state index contributed by atoms with van der Waals surface area (Å²) in [6.07, 6.45) is 2.38. The van der Waals surface area contributed by atoms with Gasteiger partial charge >= 0.3 is 0 Å². The normalized spacial score (nSPS) is 13.6. The van der Waals surface area contributed by atoms with E-state index in [1.165, 1.54) is 6.33 Å². The molecule has 6 heteroatoms. The number of aromatic nitrogens is 2. The Hall–Kier alpha value is -2.47. The van der Waals surface area contributed by atoms with E-state index < -0.39 is 5.91 Å². The van der Waals surface area contributed by atoms with Gasteiger partial charge in [-0.2, -0.15) is 0 Å². The monoisotopic (exact) mass is 270 g/mol. The number of primary amides is 1. The number of nitrogens with two attached hydrogens (primary N) is 1. The van der Waals surface area contributed by atoms with Crippen LogP contribution < -0.4 is 15.8 Å². The molecule has 3 rings (SSSR count). The molecule has 0 bridgehead atoms. The van der Waals surface area contributed by atoms with Crippen molar-refractivity contribution in [3.63, 3.8) is 0 Å². The molecule has 2 aromatic rings. The third-order valence-electron chi connectivity index (χ3n) is 3.19. The van der Waals surface area contributed by atoms with Crippen LogP contribution in [0.15, 0.2) is 30.6 Å². The number of fused-ring (bicyclic) bond motifs is 1. The highest BCUT2D eigenvalue weighted by atomic mass is 16.5. The van der Waals surface area contributed by atoms with Crippen LogP contribution in [-0.4, -0.2) is 22.4 Å². The first-order chi connectivity index (χ1) is 9.74. The number of benzene rings is 1. The predicted octanol–water partition coefficient (Wildman–Crippen LogP) is 1.01. The van der Waals surface area contributed by atoms with Gasteiger partial charge in [-0.1, -0.05) is 0 Å². The second-order valence-corrected chi connectivity index (χ2v) is 4.52. The van der Waals surface area contributed by atoms with Crippen molar-refractivity contribution in [1.29, 1.82) is 0 Å². The fraction of sp³-hybridized carbons (Fsp3) is 0.214. The van der Waals surface area contributed by atoms with Crippen LogP contribution in [0.4, 0.5) is 0 Å². The summed E-state index contributed by atoms with van der Waals surface area (Å²) in [6.45, 7) is 1.61. The minimum Gasteiger partial charge on any atom is -0.439 e. The van der Waals surface area contributed by atoms with Crippen molar-refractivity contribution in [3.05, 3.63) is 47.4 Å². The number of rotatable bonds is 3. The highest BCUT2D eigenvalue weighted by Crippen LogP contribution is 2.26. The van der Waals surface area contributed by atoms with Crippen molar-refractivity contribution in [2.45, 2.75) is 13.0 Å². The summed E-state index contributed by atoms with van der Waals surface area (Å²) in [7, 11) is 0. The molecule has 20 heavy (non-hydrogen) atoms. The molecular weight excluding hydrogens is 256 g/mol. The van der Waals surface area contributed by atoms with E-state index in [2.05, 4.69) is 15.3 Å². The molecule has 102 valence electrons. The maximum atomic E-state index is 11.0. The minimum atomic E-state index is -0.458. The van der Waals surface area contributed by atoms with Crippen LogP contribution in [0.5, 0.6) is 11.6 Å². The number of carbonyl (C=O) groups excluding carboxylic acids is 1. The molecule has 0 saturated heterocycles. The Labute approximate surface area is 116 Å². The quantitative estimate of drug-likeness (QED) is 0.868. The number of ether oxygens (including phenoxy) is 1. The van der Waals surface area contributed by atoms with E-state index >= 15 is 0 Å².